The molecule has 10 heteroatoms. The van der Waals surface area contributed by atoms with E-state index in [1.807, 2.05) is 0 Å². The molecule has 0 radical (unpaired) electrons. The van der Waals surface area contributed by atoms with Gasteiger partial charge in [0.05, 0.1) is 12.1 Å². The van der Waals surface area contributed by atoms with Crippen molar-refractivity contribution in [1.82, 2.24) is 15.3 Å². The maximum Gasteiger partial charge on any atom is 0.573 e. The average Bonchev–Trinajstić information content (AvgIpc) is 3.22. The summed E-state index contributed by atoms with van der Waals surface area (Å²) in [6, 6.07) is 8.80. The standard InChI is InChI=1S/C19H14F3N3O3S/c20-19(21,22)28-13-5-3-12(4-6-13)18(25-17(26)14-10-29-11-24-14)7-9-27-15-2-1-8-23-16(15)18/h1-6,8,10-11H,7,9H2,(H,25,26)/t18-/m0/s1. The van der Waals surface area contributed by atoms with Crippen molar-refractivity contribution in [2.75, 3.05) is 6.61 Å². The van der Waals surface area contributed by atoms with Gasteiger partial charge in [0.1, 0.15) is 28.4 Å². The zero-order valence-electron chi connectivity index (χ0n) is 14.8. The number of amides is 1. The number of rotatable bonds is 4. The average molecular weight is 421 g/mol. The molecule has 0 fully saturated rings. The summed E-state index contributed by atoms with van der Waals surface area (Å²) in [6.07, 6.45) is -2.88. The van der Waals surface area contributed by atoms with Crippen molar-refractivity contribution in [3.63, 3.8) is 0 Å². The van der Waals surface area contributed by atoms with Gasteiger partial charge in [-0.25, -0.2) is 4.98 Å². The molecular weight excluding hydrogens is 407 g/mol. The first-order valence-electron chi connectivity index (χ1n) is 8.53. The van der Waals surface area contributed by atoms with Gasteiger partial charge in [0.2, 0.25) is 0 Å². The van der Waals surface area contributed by atoms with Gasteiger partial charge in [0.15, 0.2) is 0 Å². The monoisotopic (exact) mass is 421 g/mol. The molecule has 0 saturated carbocycles. The number of carbonyl (C=O) groups excluding carboxylic acids is 1. The van der Waals surface area contributed by atoms with Gasteiger partial charge in [-0.15, -0.1) is 24.5 Å². The van der Waals surface area contributed by atoms with Gasteiger partial charge in [-0.1, -0.05) is 12.1 Å². The molecule has 0 spiro atoms. The fourth-order valence-electron chi connectivity index (χ4n) is 3.26. The van der Waals surface area contributed by atoms with E-state index < -0.39 is 17.8 Å². The van der Waals surface area contributed by atoms with Crippen LogP contribution in [0.5, 0.6) is 11.5 Å². The van der Waals surface area contributed by atoms with Crippen LogP contribution in [0.1, 0.15) is 28.2 Å². The van der Waals surface area contributed by atoms with Gasteiger partial charge in [-0.05, 0) is 29.8 Å². The number of aromatic nitrogens is 2. The number of carbonyl (C=O) groups is 1. The first kappa shape index (κ1) is 19.2. The number of nitrogens with one attached hydrogen (secondary N) is 1. The number of ether oxygens (including phenoxy) is 2. The summed E-state index contributed by atoms with van der Waals surface area (Å²) >= 11 is 1.28. The second-order valence-corrected chi connectivity index (χ2v) is 6.97. The van der Waals surface area contributed by atoms with E-state index in [0.29, 0.717) is 23.4 Å². The smallest absolute Gasteiger partial charge is 0.491 e. The normalized spacial score (nSPS) is 18.4. The summed E-state index contributed by atoms with van der Waals surface area (Å²) in [7, 11) is 0. The number of hydrogen-bond acceptors (Lipinski definition) is 6. The Labute approximate surface area is 167 Å². The zero-order valence-corrected chi connectivity index (χ0v) is 15.6. The van der Waals surface area contributed by atoms with Gasteiger partial charge in [-0.2, -0.15) is 0 Å². The van der Waals surface area contributed by atoms with E-state index in [-0.39, 0.29) is 18.1 Å². The molecule has 0 unspecified atom stereocenters. The predicted octanol–water partition coefficient (Wildman–Crippen LogP) is 3.89. The maximum absolute atomic E-state index is 12.8. The molecule has 2 aromatic heterocycles. The second-order valence-electron chi connectivity index (χ2n) is 6.25. The fourth-order valence-corrected chi connectivity index (χ4v) is 3.79. The van der Waals surface area contributed by atoms with Gasteiger partial charge < -0.3 is 14.8 Å². The van der Waals surface area contributed by atoms with Gasteiger partial charge >= 0.3 is 6.36 Å². The highest BCUT2D eigenvalue weighted by Gasteiger charge is 2.43. The SMILES string of the molecule is O=C(N[C@]1(c2ccc(OC(F)(F)F)cc2)CCOc2cccnc21)c1cscn1. The van der Waals surface area contributed by atoms with Crippen LogP contribution in [0, 0.1) is 0 Å². The molecule has 1 N–H and O–H groups in total. The first-order chi connectivity index (χ1) is 13.9. The number of hydrogen-bond donors (Lipinski definition) is 1. The van der Waals surface area contributed by atoms with Crippen molar-refractivity contribution in [3.05, 3.63) is 70.4 Å². The van der Waals surface area contributed by atoms with Crippen LogP contribution in [0.3, 0.4) is 0 Å². The Kier molecular flexibility index (Phi) is 4.87. The topological polar surface area (TPSA) is 73.3 Å². The van der Waals surface area contributed by atoms with Crippen molar-refractivity contribution >= 4 is 17.2 Å². The van der Waals surface area contributed by atoms with E-state index in [1.165, 1.54) is 35.6 Å². The summed E-state index contributed by atoms with van der Waals surface area (Å²) in [6.45, 7) is 0.289. The lowest BCUT2D eigenvalue weighted by atomic mass is 9.81. The Morgan fingerprint density at radius 2 is 2.00 bits per heavy atom. The van der Waals surface area contributed by atoms with Gasteiger partial charge in [0.25, 0.3) is 5.91 Å². The molecule has 0 bridgehead atoms. The highest BCUT2D eigenvalue weighted by molar-refractivity contribution is 7.07. The van der Waals surface area contributed by atoms with Crippen LogP contribution in [0.4, 0.5) is 13.2 Å². The Balaban J connectivity index is 1.77. The van der Waals surface area contributed by atoms with Crippen molar-refractivity contribution < 1.29 is 27.4 Å². The second kappa shape index (κ2) is 7.36. The molecule has 29 heavy (non-hydrogen) atoms. The van der Waals surface area contributed by atoms with Crippen molar-refractivity contribution in [2.24, 2.45) is 0 Å². The number of halogens is 3. The molecule has 1 amide bonds. The van der Waals surface area contributed by atoms with E-state index in [4.69, 9.17) is 4.74 Å². The molecule has 3 heterocycles. The highest BCUT2D eigenvalue weighted by atomic mass is 32.1. The minimum atomic E-state index is -4.79. The van der Waals surface area contributed by atoms with Crippen molar-refractivity contribution in [1.29, 1.82) is 0 Å². The van der Waals surface area contributed by atoms with Crippen LogP contribution in [-0.4, -0.2) is 28.8 Å². The van der Waals surface area contributed by atoms with Crippen molar-refractivity contribution in [2.45, 2.75) is 18.3 Å². The molecule has 1 aromatic carbocycles. The van der Waals surface area contributed by atoms with Crippen LogP contribution in [-0.2, 0) is 5.54 Å². The van der Waals surface area contributed by atoms with Crippen LogP contribution in [0.15, 0.2) is 53.5 Å². The molecule has 3 aromatic rings. The molecule has 1 atom stereocenters. The van der Waals surface area contributed by atoms with Crippen LogP contribution < -0.4 is 14.8 Å². The van der Waals surface area contributed by atoms with E-state index in [2.05, 4.69) is 20.0 Å². The Morgan fingerprint density at radius 1 is 1.21 bits per heavy atom. The summed E-state index contributed by atoms with van der Waals surface area (Å²) < 4.78 is 47.1. The minimum absolute atomic E-state index is 0.246. The molecule has 150 valence electrons. The number of benzene rings is 1. The van der Waals surface area contributed by atoms with Crippen molar-refractivity contribution in [3.8, 4) is 11.5 Å². The molecule has 6 nitrogen and oxygen atoms in total. The molecule has 0 aliphatic carbocycles. The first-order valence-corrected chi connectivity index (χ1v) is 9.47. The number of fused-ring (bicyclic) bond motifs is 1. The largest absolute Gasteiger partial charge is 0.573 e. The Hall–Kier alpha value is -3.14. The summed E-state index contributed by atoms with van der Waals surface area (Å²) in [5.41, 5.74) is 1.72. The third-order valence-corrected chi connectivity index (χ3v) is 5.07. The number of nitrogens with zero attached hydrogens (tertiary/aromatic N) is 2. The molecule has 1 aliphatic heterocycles. The quantitative estimate of drug-likeness (QED) is 0.692. The minimum Gasteiger partial charge on any atom is -0.491 e. The third kappa shape index (κ3) is 3.88. The number of alkyl halides is 3. The number of thiazole rings is 1. The molecule has 4 rings (SSSR count). The van der Waals surface area contributed by atoms with E-state index >= 15 is 0 Å². The molecular formula is C19H14F3N3O3S. The lowest BCUT2D eigenvalue weighted by Gasteiger charge is -2.38. The third-order valence-electron chi connectivity index (χ3n) is 4.48. The van der Waals surface area contributed by atoms with Crippen LogP contribution in [0.25, 0.3) is 0 Å². The van der Waals surface area contributed by atoms with E-state index in [1.54, 1.807) is 29.2 Å². The summed E-state index contributed by atoms with van der Waals surface area (Å²) in [5, 5.41) is 4.59. The van der Waals surface area contributed by atoms with Crippen LogP contribution in [0.2, 0.25) is 0 Å². The van der Waals surface area contributed by atoms with Gasteiger partial charge in [-0.3, -0.25) is 9.78 Å². The molecule has 0 saturated heterocycles. The Morgan fingerprint density at radius 3 is 2.69 bits per heavy atom. The zero-order chi connectivity index (χ0) is 20.5. The Bertz CT molecular complexity index is 1010. The molecule has 1 aliphatic rings. The number of pyridine rings is 1. The van der Waals surface area contributed by atoms with E-state index in [9.17, 15) is 18.0 Å². The van der Waals surface area contributed by atoms with Crippen LogP contribution >= 0.6 is 11.3 Å². The lowest BCUT2D eigenvalue weighted by Crippen LogP contribution is -2.50. The highest BCUT2D eigenvalue weighted by Crippen LogP contribution is 2.41. The summed E-state index contributed by atoms with van der Waals surface area (Å²) in [4.78, 5) is 21.2. The van der Waals surface area contributed by atoms with E-state index in [0.717, 1.165) is 0 Å². The maximum atomic E-state index is 12.8. The summed E-state index contributed by atoms with van der Waals surface area (Å²) in [5.74, 6) is -0.274. The lowest BCUT2D eigenvalue weighted by molar-refractivity contribution is -0.274. The predicted molar refractivity (Wildman–Crippen MR) is 97.8 cm³/mol. The fraction of sp³-hybridized carbons (Fsp3) is 0.211. The van der Waals surface area contributed by atoms with Gasteiger partial charge in [0, 0.05) is 18.0 Å².